The van der Waals surface area contributed by atoms with Crippen LogP contribution in [0.2, 0.25) is 5.02 Å². The highest BCUT2D eigenvalue weighted by molar-refractivity contribution is 7.91. The molecule has 1 aliphatic rings. The molecule has 7 nitrogen and oxygen atoms in total. The average Bonchev–Trinajstić information content (AvgIpc) is 3.01. The number of nitrogens with one attached hydrogen (secondary N) is 1. The quantitative estimate of drug-likeness (QED) is 0.573. The van der Waals surface area contributed by atoms with E-state index in [1.54, 1.807) is 29.7 Å². The first-order chi connectivity index (χ1) is 15.2. The van der Waals surface area contributed by atoms with Gasteiger partial charge in [-0.15, -0.1) is 0 Å². The minimum Gasteiger partial charge on any atom is -0.480 e. The van der Waals surface area contributed by atoms with Gasteiger partial charge < -0.3 is 15.0 Å². The smallest absolute Gasteiger partial charge is 0.323 e. The second kappa shape index (κ2) is 8.44. The van der Waals surface area contributed by atoms with E-state index in [9.17, 15) is 23.1 Å². The van der Waals surface area contributed by atoms with Gasteiger partial charge in [0.05, 0.1) is 15.4 Å². The normalized spacial score (nSPS) is 13.5. The molecule has 4 rings (SSSR count). The fraction of sp³-hybridized carbons (Fsp3) is 0.217. The molecular weight excluding hydrogens is 452 g/mol. The van der Waals surface area contributed by atoms with Crippen molar-refractivity contribution in [2.45, 2.75) is 36.1 Å². The number of halogens is 1. The van der Waals surface area contributed by atoms with Gasteiger partial charge in [0, 0.05) is 35.8 Å². The third kappa shape index (κ3) is 3.91. The molecular formula is C23H21ClN2O5S. The van der Waals surface area contributed by atoms with Gasteiger partial charge >= 0.3 is 5.97 Å². The number of sulfone groups is 1. The van der Waals surface area contributed by atoms with Crippen LogP contribution in [0.1, 0.15) is 32.9 Å². The van der Waals surface area contributed by atoms with Crippen LogP contribution < -0.4 is 5.32 Å². The standard InChI is InChI=1S/C23H21ClN2O5S/c1-14-18(22-19(10-11-25-23(22)29)26(14)13-21(27)28)12-15-4-2-3-5-20(15)32(30,31)17-8-6-16(24)7-9-17/h2-9H,10-13H2,1H3,(H,25,29)(H,27,28). The first-order valence-corrected chi connectivity index (χ1v) is 11.9. The van der Waals surface area contributed by atoms with E-state index in [2.05, 4.69) is 5.32 Å². The van der Waals surface area contributed by atoms with Gasteiger partial charge in [-0.05, 0) is 48.4 Å². The number of aromatic nitrogens is 1. The maximum absolute atomic E-state index is 13.3. The summed E-state index contributed by atoms with van der Waals surface area (Å²) in [5, 5.41) is 12.6. The van der Waals surface area contributed by atoms with Crippen molar-refractivity contribution in [1.29, 1.82) is 0 Å². The van der Waals surface area contributed by atoms with Crippen molar-refractivity contribution in [1.82, 2.24) is 9.88 Å². The Labute approximate surface area is 190 Å². The van der Waals surface area contributed by atoms with Crippen LogP contribution in [0.25, 0.3) is 0 Å². The molecule has 9 heteroatoms. The van der Waals surface area contributed by atoms with E-state index in [4.69, 9.17) is 11.6 Å². The number of nitrogens with zero attached hydrogens (tertiary/aromatic N) is 1. The van der Waals surface area contributed by atoms with Crippen molar-refractivity contribution >= 4 is 33.3 Å². The summed E-state index contributed by atoms with van der Waals surface area (Å²) in [6.07, 6.45) is 0.692. The molecule has 32 heavy (non-hydrogen) atoms. The van der Waals surface area contributed by atoms with Crippen molar-refractivity contribution < 1.29 is 23.1 Å². The van der Waals surface area contributed by atoms with Crippen molar-refractivity contribution in [3.05, 3.63) is 81.6 Å². The summed E-state index contributed by atoms with van der Waals surface area (Å²) in [7, 11) is -3.83. The molecule has 3 aromatic rings. The predicted octanol–water partition coefficient (Wildman–Crippen LogP) is 3.24. The van der Waals surface area contributed by atoms with Gasteiger partial charge in [-0.1, -0.05) is 29.8 Å². The fourth-order valence-electron chi connectivity index (χ4n) is 4.18. The highest BCUT2D eigenvalue weighted by Crippen LogP contribution is 2.31. The summed E-state index contributed by atoms with van der Waals surface area (Å²) in [5.41, 5.74) is 2.92. The van der Waals surface area contributed by atoms with E-state index in [0.717, 1.165) is 0 Å². The third-order valence-corrected chi connectivity index (χ3v) is 7.80. The molecule has 1 amide bonds. The zero-order valence-electron chi connectivity index (χ0n) is 17.3. The first-order valence-electron chi connectivity index (χ1n) is 9.99. The van der Waals surface area contributed by atoms with Crippen molar-refractivity contribution in [2.24, 2.45) is 0 Å². The molecule has 0 fully saturated rings. The van der Waals surface area contributed by atoms with Crippen LogP contribution in [0.3, 0.4) is 0 Å². The number of amides is 1. The Morgan fingerprint density at radius 3 is 2.53 bits per heavy atom. The van der Waals surface area contributed by atoms with Crippen LogP contribution in [0.5, 0.6) is 0 Å². The molecule has 0 saturated heterocycles. The SMILES string of the molecule is Cc1c(Cc2ccccc2S(=O)(=O)c2ccc(Cl)cc2)c2c(n1CC(=O)O)CCNC2=O. The van der Waals surface area contributed by atoms with Gasteiger partial charge in [-0.3, -0.25) is 9.59 Å². The number of benzene rings is 2. The molecule has 1 aliphatic heterocycles. The molecule has 1 aromatic heterocycles. The highest BCUT2D eigenvalue weighted by Gasteiger charge is 2.30. The largest absolute Gasteiger partial charge is 0.480 e. The van der Waals surface area contributed by atoms with Crippen LogP contribution in [-0.2, 0) is 34.0 Å². The summed E-state index contributed by atoms with van der Waals surface area (Å²) in [4.78, 5) is 24.3. The summed E-state index contributed by atoms with van der Waals surface area (Å²) in [6, 6.07) is 12.6. The summed E-state index contributed by atoms with van der Waals surface area (Å²) < 4.78 is 28.3. The molecule has 0 spiro atoms. The lowest BCUT2D eigenvalue weighted by molar-refractivity contribution is -0.137. The highest BCUT2D eigenvalue weighted by atomic mass is 35.5. The molecule has 0 radical (unpaired) electrons. The van der Waals surface area contributed by atoms with Gasteiger partial charge in [0.15, 0.2) is 0 Å². The van der Waals surface area contributed by atoms with Crippen LogP contribution in [0.15, 0.2) is 58.3 Å². The number of hydrogen-bond acceptors (Lipinski definition) is 4. The molecule has 166 valence electrons. The van der Waals surface area contributed by atoms with Crippen LogP contribution in [0, 0.1) is 6.92 Å². The monoisotopic (exact) mass is 472 g/mol. The topological polar surface area (TPSA) is 105 Å². The fourth-order valence-corrected chi connectivity index (χ4v) is 5.79. The Morgan fingerprint density at radius 2 is 1.84 bits per heavy atom. The van der Waals surface area contributed by atoms with Crippen LogP contribution in [-0.4, -0.2) is 36.5 Å². The minimum atomic E-state index is -3.83. The number of aliphatic carboxylic acids is 1. The Bertz CT molecular complexity index is 1330. The van der Waals surface area contributed by atoms with E-state index >= 15 is 0 Å². The van der Waals surface area contributed by atoms with Gasteiger partial charge in [-0.2, -0.15) is 0 Å². The number of carbonyl (C=O) groups excluding carboxylic acids is 1. The second-order valence-electron chi connectivity index (χ2n) is 7.61. The first kappa shape index (κ1) is 22.1. The number of carboxylic acids is 1. The van der Waals surface area contributed by atoms with Gasteiger partial charge in [0.1, 0.15) is 6.54 Å². The number of hydrogen-bond donors (Lipinski definition) is 2. The summed E-state index contributed by atoms with van der Waals surface area (Å²) in [6.45, 7) is 1.93. The Kier molecular flexibility index (Phi) is 5.83. The lowest BCUT2D eigenvalue weighted by Gasteiger charge is -2.16. The van der Waals surface area contributed by atoms with Gasteiger partial charge in [0.25, 0.3) is 5.91 Å². The molecule has 2 heterocycles. The Balaban J connectivity index is 1.83. The molecule has 2 N–H and O–H groups in total. The maximum atomic E-state index is 13.3. The van der Waals surface area contributed by atoms with Gasteiger partial charge in [-0.25, -0.2) is 8.42 Å². The molecule has 0 aliphatic carbocycles. The lowest BCUT2D eigenvalue weighted by atomic mass is 9.97. The number of carboxylic acid groups (broad SMARTS) is 1. The Hall–Kier alpha value is -3.10. The molecule has 0 atom stereocenters. The number of carbonyl (C=O) groups is 2. The number of fused-ring (bicyclic) bond motifs is 1. The maximum Gasteiger partial charge on any atom is 0.323 e. The zero-order valence-corrected chi connectivity index (χ0v) is 18.8. The Morgan fingerprint density at radius 1 is 1.16 bits per heavy atom. The van der Waals surface area contributed by atoms with E-state index in [0.29, 0.717) is 46.1 Å². The molecule has 2 aromatic carbocycles. The van der Waals surface area contributed by atoms with Crippen molar-refractivity contribution in [3.63, 3.8) is 0 Å². The number of rotatable bonds is 6. The third-order valence-electron chi connectivity index (χ3n) is 5.68. The van der Waals surface area contributed by atoms with E-state index < -0.39 is 15.8 Å². The summed E-state index contributed by atoms with van der Waals surface area (Å²) in [5.74, 6) is -1.28. The van der Waals surface area contributed by atoms with Crippen molar-refractivity contribution in [3.8, 4) is 0 Å². The van der Waals surface area contributed by atoms with Gasteiger partial charge in [0.2, 0.25) is 9.84 Å². The molecule has 0 bridgehead atoms. The molecule has 0 saturated carbocycles. The zero-order chi connectivity index (χ0) is 23.0. The average molecular weight is 473 g/mol. The predicted molar refractivity (Wildman–Crippen MR) is 119 cm³/mol. The van der Waals surface area contributed by atoms with Crippen LogP contribution >= 0.6 is 11.6 Å². The second-order valence-corrected chi connectivity index (χ2v) is 9.97. The van der Waals surface area contributed by atoms with E-state index in [-0.39, 0.29) is 28.7 Å². The molecule has 0 unspecified atom stereocenters. The van der Waals surface area contributed by atoms with E-state index in [1.807, 2.05) is 0 Å². The van der Waals surface area contributed by atoms with E-state index in [1.165, 1.54) is 30.3 Å². The lowest BCUT2D eigenvalue weighted by Crippen LogP contribution is -2.33. The van der Waals surface area contributed by atoms with Crippen molar-refractivity contribution in [2.75, 3.05) is 6.54 Å². The summed E-state index contributed by atoms with van der Waals surface area (Å²) >= 11 is 5.91. The van der Waals surface area contributed by atoms with Crippen LogP contribution in [0.4, 0.5) is 0 Å². The minimum absolute atomic E-state index is 0.120.